The number of carbonyl (C=O) groups excluding carboxylic acids is 3. The number of ether oxygens (including phenoxy) is 2. The van der Waals surface area contributed by atoms with Gasteiger partial charge in [0.25, 0.3) is 5.91 Å². The monoisotopic (exact) mass is 485 g/mol. The molecule has 1 aliphatic carbocycles. The van der Waals surface area contributed by atoms with Crippen molar-refractivity contribution in [3.8, 4) is 5.75 Å². The minimum Gasteiger partial charge on any atom is -0.497 e. The van der Waals surface area contributed by atoms with Gasteiger partial charge in [-0.05, 0) is 61.9 Å². The largest absolute Gasteiger partial charge is 0.497 e. The molecule has 8 nitrogen and oxygen atoms in total. The van der Waals surface area contributed by atoms with Gasteiger partial charge in [-0.2, -0.15) is 0 Å². The lowest BCUT2D eigenvalue weighted by atomic mass is 9.95. The Balaban J connectivity index is 1.47. The number of aryl methyl sites for hydroxylation is 1. The quantitative estimate of drug-likeness (QED) is 0.531. The fourth-order valence-corrected chi connectivity index (χ4v) is 5.80. The molecule has 0 saturated carbocycles. The highest BCUT2D eigenvalue weighted by molar-refractivity contribution is 7.17. The first kappa shape index (κ1) is 24.2. The number of benzene rings is 1. The third-order valence-corrected chi connectivity index (χ3v) is 7.53. The van der Waals surface area contributed by atoms with Crippen LogP contribution >= 0.6 is 11.3 Å². The van der Waals surface area contributed by atoms with Crippen molar-refractivity contribution in [2.45, 2.75) is 38.5 Å². The summed E-state index contributed by atoms with van der Waals surface area (Å²) in [6.45, 7) is 1.39. The van der Waals surface area contributed by atoms with Gasteiger partial charge in [-0.15, -0.1) is 11.3 Å². The molecular formula is C25H31N3O5S. The summed E-state index contributed by atoms with van der Waals surface area (Å²) in [5.74, 6) is -0.248. The molecule has 1 aromatic carbocycles. The number of amides is 3. The number of fused-ring (bicyclic) bond motifs is 1. The van der Waals surface area contributed by atoms with Gasteiger partial charge in [0.05, 0.1) is 18.6 Å². The van der Waals surface area contributed by atoms with Crippen LogP contribution in [0.4, 0.5) is 10.7 Å². The number of methoxy groups -OCH3 is 2. The Morgan fingerprint density at radius 1 is 1.15 bits per heavy atom. The molecule has 2 N–H and O–H groups in total. The van der Waals surface area contributed by atoms with Crippen molar-refractivity contribution in [3.63, 3.8) is 0 Å². The number of carbonyl (C=O) groups is 3. The van der Waals surface area contributed by atoms with Gasteiger partial charge in [0.1, 0.15) is 10.8 Å². The van der Waals surface area contributed by atoms with Crippen LogP contribution in [0.15, 0.2) is 24.3 Å². The van der Waals surface area contributed by atoms with Gasteiger partial charge in [0.2, 0.25) is 11.8 Å². The molecule has 3 amide bonds. The normalized spacial score (nSPS) is 17.4. The van der Waals surface area contributed by atoms with Crippen LogP contribution in [0.3, 0.4) is 0 Å². The van der Waals surface area contributed by atoms with E-state index in [1.807, 2.05) is 12.1 Å². The van der Waals surface area contributed by atoms with Crippen molar-refractivity contribution >= 4 is 39.7 Å². The maximum atomic E-state index is 13.2. The second kappa shape index (κ2) is 11.0. The third kappa shape index (κ3) is 5.26. The van der Waals surface area contributed by atoms with E-state index in [-0.39, 0.29) is 24.1 Å². The minimum atomic E-state index is -0.480. The summed E-state index contributed by atoms with van der Waals surface area (Å²) < 4.78 is 10.2. The molecule has 0 spiro atoms. The molecule has 1 aromatic heterocycles. The molecule has 4 rings (SSSR count). The molecule has 2 aliphatic rings. The van der Waals surface area contributed by atoms with Crippen molar-refractivity contribution in [3.05, 3.63) is 40.3 Å². The van der Waals surface area contributed by atoms with E-state index in [2.05, 4.69) is 10.6 Å². The summed E-state index contributed by atoms with van der Waals surface area (Å²) in [5.41, 5.74) is 2.38. The van der Waals surface area contributed by atoms with Crippen LogP contribution < -0.4 is 20.3 Å². The molecule has 1 saturated heterocycles. The van der Waals surface area contributed by atoms with E-state index in [9.17, 15) is 14.4 Å². The smallest absolute Gasteiger partial charge is 0.254 e. The zero-order valence-electron chi connectivity index (χ0n) is 19.6. The van der Waals surface area contributed by atoms with Gasteiger partial charge < -0.3 is 25.0 Å². The van der Waals surface area contributed by atoms with Gasteiger partial charge >= 0.3 is 0 Å². The Kier molecular flexibility index (Phi) is 7.84. The molecule has 0 radical (unpaired) electrons. The standard InChI is InChI=1S/C25H31N3O5S/c1-32-13-5-12-26-24(31)22-19-6-3-4-7-20(19)34-25(22)27-23(30)16-14-21(29)28(15-16)17-8-10-18(33-2)11-9-17/h8-11,16H,3-7,12-15H2,1-2H3,(H,26,31)(H,27,30). The maximum absolute atomic E-state index is 13.2. The molecule has 1 fully saturated rings. The van der Waals surface area contributed by atoms with E-state index in [0.717, 1.165) is 43.4 Å². The first-order chi connectivity index (χ1) is 16.5. The van der Waals surface area contributed by atoms with E-state index in [1.165, 1.54) is 16.2 Å². The van der Waals surface area contributed by atoms with Crippen LogP contribution in [0.2, 0.25) is 0 Å². The number of rotatable bonds is 9. The first-order valence-electron chi connectivity index (χ1n) is 11.7. The summed E-state index contributed by atoms with van der Waals surface area (Å²) in [7, 11) is 3.22. The van der Waals surface area contributed by atoms with Crippen molar-refractivity contribution < 1.29 is 23.9 Å². The summed E-state index contributed by atoms with van der Waals surface area (Å²) in [6, 6.07) is 7.22. The van der Waals surface area contributed by atoms with Crippen molar-refractivity contribution in [2.24, 2.45) is 5.92 Å². The van der Waals surface area contributed by atoms with E-state index in [4.69, 9.17) is 9.47 Å². The highest BCUT2D eigenvalue weighted by Crippen LogP contribution is 2.39. The van der Waals surface area contributed by atoms with Crippen LogP contribution in [0.1, 0.15) is 46.5 Å². The van der Waals surface area contributed by atoms with Gasteiger partial charge in [0, 0.05) is 43.8 Å². The van der Waals surface area contributed by atoms with Crippen molar-refractivity contribution in [1.82, 2.24) is 5.32 Å². The zero-order valence-corrected chi connectivity index (χ0v) is 20.5. The molecule has 2 heterocycles. The summed E-state index contributed by atoms with van der Waals surface area (Å²) in [4.78, 5) is 41.7. The Morgan fingerprint density at radius 3 is 2.65 bits per heavy atom. The fourth-order valence-electron chi connectivity index (χ4n) is 4.51. The SMILES string of the molecule is COCCCNC(=O)c1c(NC(=O)C2CC(=O)N(c3ccc(OC)cc3)C2)sc2c1CCCC2. The Morgan fingerprint density at radius 2 is 1.91 bits per heavy atom. The van der Waals surface area contributed by atoms with Crippen LogP contribution in [-0.4, -0.2) is 51.6 Å². The van der Waals surface area contributed by atoms with Crippen molar-refractivity contribution in [1.29, 1.82) is 0 Å². The molecule has 182 valence electrons. The average molecular weight is 486 g/mol. The van der Waals surface area contributed by atoms with Gasteiger partial charge in [-0.25, -0.2) is 0 Å². The zero-order chi connectivity index (χ0) is 24.1. The summed E-state index contributed by atoms with van der Waals surface area (Å²) in [6.07, 6.45) is 4.75. The predicted molar refractivity (Wildman–Crippen MR) is 132 cm³/mol. The maximum Gasteiger partial charge on any atom is 0.254 e. The highest BCUT2D eigenvalue weighted by atomic mass is 32.1. The fraction of sp³-hybridized carbons (Fsp3) is 0.480. The number of thiophene rings is 1. The van der Waals surface area contributed by atoms with Gasteiger partial charge in [-0.1, -0.05) is 0 Å². The summed E-state index contributed by atoms with van der Waals surface area (Å²) >= 11 is 1.49. The molecule has 1 unspecified atom stereocenters. The van der Waals surface area contributed by atoms with E-state index in [0.29, 0.717) is 36.0 Å². The molecule has 34 heavy (non-hydrogen) atoms. The second-order valence-electron chi connectivity index (χ2n) is 8.61. The average Bonchev–Trinajstić information content (AvgIpc) is 3.42. The van der Waals surface area contributed by atoms with Crippen LogP contribution in [0, 0.1) is 5.92 Å². The number of anilines is 2. The van der Waals surface area contributed by atoms with Crippen LogP contribution in [0.25, 0.3) is 0 Å². The Labute approximate surface area is 203 Å². The predicted octanol–water partition coefficient (Wildman–Crippen LogP) is 3.39. The molecule has 9 heteroatoms. The summed E-state index contributed by atoms with van der Waals surface area (Å²) in [5, 5.41) is 6.55. The molecule has 1 aliphatic heterocycles. The lowest BCUT2D eigenvalue weighted by Gasteiger charge is -2.17. The topological polar surface area (TPSA) is 97.0 Å². The number of nitrogens with zero attached hydrogens (tertiary/aromatic N) is 1. The lowest BCUT2D eigenvalue weighted by molar-refractivity contribution is -0.122. The molecule has 1 atom stereocenters. The van der Waals surface area contributed by atoms with E-state index >= 15 is 0 Å². The molecular weight excluding hydrogens is 454 g/mol. The number of nitrogens with one attached hydrogen (secondary N) is 2. The first-order valence-corrected chi connectivity index (χ1v) is 12.5. The highest BCUT2D eigenvalue weighted by Gasteiger charge is 2.36. The molecule has 0 bridgehead atoms. The van der Waals surface area contributed by atoms with Crippen LogP contribution in [-0.2, 0) is 27.2 Å². The third-order valence-electron chi connectivity index (χ3n) is 6.33. The molecule has 2 aromatic rings. The number of hydrogen-bond donors (Lipinski definition) is 2. The van der Waals surface area contributed by atoms with Crippen LogP contribution in [0.5, 0.6) is 5.75 Å². The van der Waals surface area contributed by atoms with Crippen molar-refractivity contribution in [2.75, 3.05) is 44.1 Å². The number of hydrogen-bond acceptors (Lipinski definition) is 6. The Hall–Kier alpha value is -2.91. The Bertz CT molecular complexity index is 1050. The van der Waals surface area contributed by atoms with E-state index < -0.39 is 5.92 Å². The lowest BCUT2D eigenvalue weighted by Crippen LogP contribution is -2.30. The van der Waals surface area contributed by atoms with Gasteiger partial charge in [0.15, 0.2) is 0 Å². The van der Waals surface area contributed by atoms with Gasteiger partial charge in [-0.3, -0.25) is 14.4 Å². The van der Waals surface area contributed by atoms with E-state index in [1.54, 1.807) is 31.3 Å². The second-order valence-corrected chi connectivity index (χ2v) is 9.72. The minimum absolute atomic E-state index is 0.0908.